The van der Waals surface area contributed by atoms with Crippen LogP contribution >= 0.6 is 0 Å². The van der Waals surface area contributed by atoms with E-state index in [9.17, 15) is 9.18 Å². The third-order valence-corrected chi connectivity index (χ3v) is 3.34. The SMILES string of the molecule is CC1CCCN(C(=O)[C@H]2C[C@H](F)CN2)C1. The van der Waals surface area contributed by atoms with Crippen LogP contribution in [0.1, 0.15) is 26.2 Å². The molecule has 3 atom stereocenters. The first-order valence-electron chi connectivity index (χ1n) is 5.83. The first-order valence-corrected chi connectivity index (χ1v) is 5.83. The Morgan fingerprint density at radius 1 is 1.53 bits per heavy atom. The van der Waals surface area contributed by atoms with Crippen LogP contribution in [0.15, 0.2) is 0 Å². The van der Waals surface area contributed by atoms with Crippen LogP contribution in [0.2, 0.25) is 0 Å². The van der Waals surface area contributed by atoms with Gasteiger partial charge in [0.25, 0.3) is 0 Å². The average molecular weight is 214 g/mol. The molecule has 1 N–H and O–H groups in total. The van der Waals surface area contributed by atoms with Gasteiger partial charge in [0, 0.05) is 26.1 Å². The molecule has 0 aromatic rings. The van der Waals surface area contributed by atoms with Crippen LogP contribution in [0.3, 0.4) is 0 Å². The van der Waals surface area contributed by atoms with Crippen molar-refractivity contribution in [2.24, 2.45) is 5.92 Å². The summed E-state index contributed by atoms with van der Waals surface area (Å²) in [5, 5.41) is 2.95. The Hall–Kier alpha value is -0.640. The van der Waals surface area contributed by atoms with Gasteiger partial charge in [-0.1, -0.05) is 6.92 Å². The van der Waals surface area contributed by atoms with Gasteiger partial charge >= 0.3 is 0 Å². The lowest BCUT2D eigenvalue weighted by atomic mass is 9.99. The van der Waals surface area contributed by atoms with Crippen molar-refractivity contribution in [3.63, 3.8) is 0 Å². The maximum absolute atomic E-state index is 12.9. The fourth-order valence-electron chi connectivity index (χ4n) is 2.49. The Kier molecular flexibility index (Phi) is 3.24. The van der Waals surface area contributed by atoms with Crippen molar-refractivity contribution >= 4 is 5.91 Å². The van der Waals surface area contributed by atoms with Crippen LogP contribution < -0.4 is 5.32 Å². The molecular formula is C11H19FN2O. The van der Waals surface area contributed by atoms with E-state index in [1.807, 2.05) is 4.90 Å². The molecular weight excluding hydrogens is 195 g/mol. The fraction of sp³-hybridized carbons (Fsp3) is 0.909. The van der Waals surface area contributed by atoms with E-state index in [1.165, 1.54) is 6.42 Å². The highest BCUT2D eigenvalue weighted by atomic mass is 19.1. The van der Waals surface area contributed by atoms with Crippen molar-refractivity contribution in [1.29, 1.82) is 0 Å². The normalized spacial score (nSPS) is 36.9. The number of carbonyl (C=O) groups is 1. The number of hydrogen-bond acceptors (Lipinski definition) is 2. The Morgan fingerprint density at radius 3 is 2.93 bits per heavy atom. The molecule has 0 saturated carbocycles. The van der Waals surface area contributed by atoms with Crippen molar-refractivity contribution in [1.82, 2.24) is 10.2 Å². The zero-order valence-electron chi connectivity index (χ0n) is 9.21. The number of rotatable bonds is 1. The molecule has 4 heteroatoms. The zero-order chi connectivity index (χ0) is 10.8. The topological polar surface area (TPSA) is 32.3 Å². The van der Waals surface area contributed by atoms with E-state index in [-0.39, 0.29) is 11.9 Å². The van der Waals surface area contributed by atoms with Gasteiger partial charge in [0.05, 0.1) is 6.04 Å². The van der Waals surface area contributed by atoms with E-state index in [4.69, 9.17) is 0 Å². The molecule has 15 heavy (non-hydrogen) atoms. The maximum atomic E-state index is 12.9. The van der Waals surface area contributed by atoms with Crippen molar-refractivity contribution in [3.8, 4) is 0 Å². The Balaban J connectivity index is 1.89. The van der Waals surface area contributed by atoms with Gasteiger partial charge in [-0.2, -0.15) is 0 Å². The number of likely N-dealkylation sites (tertiary alicyclic amines) is 1. The summed E-state index contributed by atoms with van der Waals surface area (Å²) in [6, 6.07) is -0.273. The Bertz CT molecular complexity index is 247. The Morgan fingerprint density at radius 2 is 2.33 bits per heavy atom. The molecule has 2 fully saturated rings. The predicted molar refractivity (Wildman–Crippen MR) is 56.3 cm³/mol. The largest absolute Gasteiger partial charge is 0.341 e. The van der Waals surface area contributed by atoms with E-state index in [0.29, 0.717) is 18.9 Å². The summed E-state index contributed by atoms with van der Waals surface area (Å²) in [7, 11) is 0. The summed E-state index contributed by atoms with van der Waals surface area (Å²) in [5.74, 6) is 0.687. The third kappa shape index (κ3) is 2.48. The lowest BCUT2D eigenvalue weighted by Gasteiger charge is -2.32. The van der Waals surface area contributed by atoms with E-state index in [0.717, 1.165) is 19.5 Å². The number of amides is 1. The first kappa shape index (κ1) is 10.9. The summed E-state index contributed by atoms with van der Waals surface area (Å²) in [5.41, 5.74) is 0. The van der Waals surface area contributed by atoms with Gasteiger partial charge in [-0.3, -0.25) is 4.79 Å². The maximum Gasteiger partial charge on any atom is 0.239 e. The second kappa shape index (κ2) is 4.47. The molecule has 1 unspecified atom stereocenters. The summed E-state index contributed by atoms with van der Waals surface area (Å²) in [6.07, 6.45) is 1.79. The molecule has 2 aliphatic rings. The summed E-state index contributed by atoms with van der Waals surface area (Å²) >= 11 is 0. The molecule has 0 radical (unpaired) electrons. The van der Waals surface area contributed by atoms with Gasteiger partial charge in [0.15, 0.2) is 0 Å². The monoisotopic (exact) mass is 214 g/mol. The van der Waals surface area contributed by atoms with Crippen LogP contribution in [-0.4, -0.2) is 42.7 Å². The summed E-state index contributed by atoms with van der Waals surface area (Å²) in [4.78, 5) is 13.9. The number of piperidine rings is 1. The quantitative estimate of drug-likeness (QED) is 0.704. The van der Waals surface area contributed by atoms with Gasteiger partial charge in [0.1, 0.15) is 6.17 Å². The van der Waals surface area contributed by atoms with Gasteiger partial charge < -0.3 is 10.2 Å². The minimum atomic E-state index is -0.846. The van der Waals surface area contributed by atoms with Crippen molar-refractivity contribution < 1.29 is 9.18 Å². The van der Waals surface area contributed by atoms with Gasteiger partial charge in [-0.25, -0.2) is 4.39 Å². The zero-order valence-corrected chi connectivity index (χ0v) is 9.21. The van der Waals surface area contributed by atoms with Crippen molar-refractivity contribution in [2.45, 2.75) is 38.4 Å². The third-order valence-electron chi connectivity index (χ3n) is 3.34. The minimum absolute atomic E-state index is 0.0988. The molecule has 2 heterocycles. The van der Waals surface area contributed by atoms with Gasteiger partial charge in [0.2, 0.25) is 5.91 Å². The first-order chi connectivity index (χ1) is 7.16. The second-order valence-electron chi connectivity index (χ2n) is 4.83. The highest BCUT2D eigenvalue weighted by Gasteiger charge is 2.33. The van der Waals surface area contributed by atoms with Gasteiger partial charge in [-0.05, 0) is 18.8 Å². The average Bonchev–Trinajstić information content (AvgIpc) is 2.64. The molecule has 2 aliphatic heterocycles. The summed E-state index contributed by atoms with van der Waals surface area (Å²) < 4.78 is 12.9. The van der Waals surface area contributed by atoms with E-state index >= 15 is 0 Å². The van der Waals surface area contributed by atoms with Crippen molar-refractivity contribution in [3.05, 3.63) is 0 Å². The Labute approximate surface area is 90.0 Å². The number of nitrogens with one attached hydrogen (secondary N) is 1. The van der Waals surface area contributed by atoms with Crippen LogP contribution in [0.25, 0.3) is 0 Å². The van der Waals surface area contributed by atoms with Crippen LogP contribution in [0.4, 0.5) is 4.39 Å². The fourth-order valence-corrected chi connectivity index (χ4v) is 2.49. The molecule has 86 valence electrons. The lowest BCUT2D eigenvalue weighted by Crippen LogP contribution is -2.47. The molecule has 0 aromatic heterocycles. The standard InChI is InChI=1S/C11H19FN2O/c1-8-3-2-4-14(7-8)11(15)10-5-9(12)6-13-10/h8-10,13H,2-7H2,1H3/t8?,9-,10+/m0/s1. The molecule has 3 nitrogen and oxygen atoms in total. The second-order valence-corrected chi connectivity index (χ2v) is 4.83. The highest BCUT2D eigenvalue weighted by molar-refractivity contribution is 5.82. The van der Waals surface area contributed by atoms with E-state index in [1.54, 1.807) is 0 Å². The number of carbonyl (C=O) groups excluding carboxylic acids is 1. The predicted octanol–water partition coefficient (Wildman–Crippen LogP) is 0.945. The molecule has 0 aromatic carbocycles. The summed E-state index contributed by atoms with van der Waals surface area (Å²) in [6.45, 7) is 4.19. The lowest BCUT2D eigenvalue weighted by molar-refractivity contribution is -0.134. The number of hydrogen-bond donors (Lipinski definition) is 1. The molecule has 1 amide bonds. The number of alkyl halides is 1. The molecule has 0 bridgehead atoms. The number of halogens is 1. The van der Waals surface area contributed by atoms with Crippen LogP contribution in [0, 0.1) is 5.92 Å². The van der Waals surface area contributed by atoms with Crippen LogP contribution in [-0.2, 0) is 4.79 Å². The number of nitrogens with zero attached hydrogens (tertiary/aromatic N) is 1. The van der Waals surface area contributed by atoms with E-state index < -0.39 is 6.17 Å². The minimum Gasteiger partial charge on any atom is -0.341 e. The molecule has 2 saturated heterocycles. The molecule has 2 rings (SSSR count). The molecule has 0 aliphatic carbocycles. The molecule has 0 spiro atoms. The van der Waals surface area contributed by atoms with Crippen molar-refractivity contribution in [2.75, 3.05) is 19.6 Å². The van der Waals surface area contributed by atoms with E-state index in [2.05, 4.69) is 12.2 Å². The van der Waals surface area contributed by atoms with Crippen LogP contribution in [0.5, 0.6) is 0 Å². The van der Waals surface area contributed by atoms with Gasteiger partial charge in [-0.15, -0.1) is 0 Å². The smallest absolute Gasteiger partial charge is 0.239 e. The highest BCUT2D eigenvalue weighted by Crippen LogP contribution is 2.19.